The predicted octanol–water partition coefficient (Wildman–Crippen LogP) is 5.00. The average molecular weight is 382 g/mol. The van der Waals surface area contributed by atoms with Gasteiger partial charge in [-0.25, -0.2) is 4.79 Å². The maximum Gasteiger partial charge on any atom is 0.414 e. The van der Waals surface area contributed by atoms with Crippen molar-refractivity contribution < 1.29 is 14.3 Å². The summed E-state index contributed by atoms with van der Waals surface area (Å²) in [5, 5.41) is 2.99. The molecule has 1 fully saturated rings. The van der Waals surface area contributed by atoms with Crippen molar-refractivity contribution >= 4 is 33.2 Å². The molecular formula is C21H22N2O3S. The fourth-order valence-corrected chi connectivity index (χ4v) is 4.04. The zero-order chi connectivity index (χ0) is 19.0. The van der Waals surface area contributed by atoms with E-state index in [-0.39, 0.29) is 17.6 Å². The molecule has 140 valence electrons. The van der Waals surface area contributed by atoms with Crippen molar-refractivity contribution in [3.8, 4) is 5.75 Å². The standard InChI is InChI=1S/C21H22N2O3S/c1-21(2,3)14-4-6-15(7-5-14)25-12-16-11-23(20(24)26-16)18-13-27-19-10-22-9-8-17(18)19/h4-10,13,16H,11-12H2,1-3H3/t16-/m0/s1. The summed E-state index contributed by atoms with van der Waals surface area (Å²) in [5.41, 5.74) is 2.24. The molecule has 1 atom stereocenters. The van der Waals surface area contributed by atoms with Crippen LogP contribution in [0.25, 0.3) is 10.1 Å². The van der Waals surface area contributed by atoms with E-state index in [0.29, 0.717) is 13.2 Å². The molecule has 5 nitrogen and oxygen atoms in total. The second-order valence-electron chi connectivity index (χ2n) is 7.69. The van der Waals surface area contributed by atoms with Gasteiger partial charge in [-0.3, -0.25) is 9.88 Å². The Hall–Kier alpha value is -2.60. The molecular weight excluding hydrogens is 360 g/mol. The minimum absolute atomic E-state index is 0.110. The summed E-state index contributed by atoms with van der Waals surface area (Å²) in [6.45, 7) is 7.35. The summed E-state index contributed by atoms with van der Waals surface area (Å²) < 4.78 is 12.4. The van der Waals surface area contributed by atoms with E-state index in [0.717, 1.165) is 21.5 Å². The Bertz CT molecular complexity index is 959. The van der Waals surface area contributed by atoms with Crippen LogP contribution in [0.1, 0.15) is 26.3 Å². The first-order valence-electron chi connectivity index (χ1n) is 8.94. The van der Waals surface area contributed by atoms with Gasteiger partial charge < -0.3 is 9.47 Å². The number of ether oxygens (including phenoxy) is 2. The largest absolute Gasteiger partial charge is 0.490 e. The molecule has 0 bridgehead atoms. The Labute approximate surface area is 162 Å². The molecule has 0 spiro atoms. The van der Waals surface area contributed by atoms with Gasteiger partial charge in [0.25, 0.3) is 0 Å². The van der Waals surface area contributed by atoms with Gasteiger partial charge >= 0.3 is 6.09 Å². The number of nitrogens with zero attached hydrogens (tertiary/aromatic N) is 2. The molecule has 1 aromatic carbocycles. The number of hydrogen-bond donors (Lipinski definition) is 0. The molecule has 3 heterocycles. The van der Waals surface area contributed by atoms with E-state index in [9.17, 15) is 4.79 Å². The lowest BCUT2D eigenvalue weighted by Gasteiger charge is -2.19. The first-order chi connectivity index (χ1) is 12.9. The van der Waals surface area contributed by atoms with Gasteiger partial charge in [0.2, 0.25) is 0 Å². The number of pyridine rings is 1. The number of rotatable bonds is 4. The molecule has 0 saturated carbocycles. The maximum atomic E-state index is 12.3. The highest BCUT2D eigenvalue weighted by Gasteiger charge is 2.34. The summed E-state index contributed by atoms with van der Waals surface area (Å²) in [7, 11) is 0. The fourth-order valence-electron chi connectivity index (χ4n) is 3.12. The molecule has 1 saturated heterocycles. The van der Waals surface area contributed by atoms with E-state index in [1.54, 1.807) is 22.4 Å². The molecule has 3 aromatic rings. The highest BCUT2D eigenvalue weighted by Crippen LogP contribution is 2.34. The molecule has 0 radical (unpaired) electrons. The van der Waals surface area contributed by atoms with E-state index in [4.69, 9.17) is 9.47 Å². The SMILES string of the molecule is CC(C)(C)c1ccc(OC[C@@H]2CN(c3csc4cnccc34)C(=O)O2)cc1. The van der Waals surface area contributed by atoms with E-state index in [2.05, 4.69) is 37.9 Å². The molecule has 0 aliphatic carbocycles. The molecule has 27 heavy (non-hydrogen) atoms. The number of hydrogen-bond acceptors (Lipinski definition) is 5. The lowest BCUT2D eigenvalue weighted by atomic mass is 9.87. The van der Waals surface area contributed by atoms with Crippen LogP contribution in [-0.2, 0) is 10.2 Å². The van der Waals surface area contributed by atoms with E-state index >= 15 is 0 Å². The summed E-state index contributed by atoms with van der Waals surface area (Å²) in [5.74, 6) is 0.782. The second-order valence-corrected chi connectivity index (χ2v) is 8.61. The average Bonchev–Trinajstić information content (AvgIpc) is 3.22. The quantitative estimate of drug-likeness (QED) is 0.637. The maximum absolute atomic E-state index is 12.3. The molecule has 4 rings (SSSR count). The third kappa shape index (κ3) is 3.62. The molecule has 1 amide bonds. The van der Waals surface area contributed by atoms with Crippen molar-refractivity contribution in [2.24, 2.45) is 0 Å². The highest BCUT2D eigenvalue weighted by molar-refractivity contribution is 7.17. The molecule has 6 heteroatoms. The summed E-state index contributed by atoms with van der Waals surface area (Å²) in [6, 6.07) is 10.0. The number of amides is 1. The third-order valence-electron chi connectivity index (χ3n) is 4.68. The number of thiophene rings is 1. The van der Waals surface area contributed by atoms with Crippen LogP contribution in [-0.4, -0.2) is 30.3 Å². The van der Waals surface area contributed by atoms with Crippen LogP contribution < -0.4 is 9.64 Å². The van der Waals surface area contributed by atoms with Crippen LogP contribution in [0.15, 0.2) is 48.1 Å². The van der Waals surface area contributed by atoms with Gasteiger partial charge in [0.15, 0.2) is 6.10 Å². The van der Waals surface area contributed by atoms with E-state index in [1.807, 2.05) is 29.8 Å². The minimum Gasteiger partial charge on any atom is -0.490 e. The highest BCUT2D eigenvalue weighted by atomic mass is 32.1. The molecule has 0 unspecified atom stereocenters. The molecule has 0 N–H and O–H groups in total. The van der Waals surface area contributed by atoms with Gasteiger partial charge in [-0.2, -0.15) is 0 Å². The van der Waals surface area contributed by atoms with Crippen molar-refractivity contribution in [3.63, 3.8) is 0 Å². The van der Waals surface area contributed by atoms with Gasteiger partial charge in [0.05, 0.1) is 16.9 Å². The number of aromatic nitrogens is 1. The van der Waals surface area contributed by atoms with Crippen LogP contribution in [0.3, 0.4) is 0 Å². The summed E-state index contributed by atoms with van der Waals surface area (Å²) >= 11 is 1.57. The zero-order valence-electron chi connectivity index (χ0n) is 15.6. The monoisotopic (exact) mass is 382 g/mol. The zero-order valence-corrected chi connectivity index (χ0v) is 16.5. The lowest BCUT2D eigenvalue weighted by Crippen LogP contribution is -2.26. The lowest BCUT2D eigenvalue weighted by molar-refractivity contribution is 0.105. The number of carbonyl (C=O) groups excluding carboxylic acids is 1. The molecule has 2 aromatic heterocycles. The Morgan fingerprint density at radius 2 is 2.04 bits per heavy atom. The van der Waals surface area contributed by atoms with Gasteiger partial charge in [0.1, 0.15) is 12.4 Å². The topological polar surface area (TPSA) is 51.7 Å². The summed E-state index contributed by atoms with van der Waals surface area (Å²) in [6.07, 6.45) is 2.92. The number of fused-ring (bicyclic) bond motifs is 1. The van der Waals surface area contributed by atoms with Gasteiger partial charge in [-0.1, -0.05) is 32.9 Å². The van der Waals surface area contributed by atoms with Crippen molar-refractivity contribution in [2.75, 3.05) is 18.1 Å². The fraction of sp³-hybridized carbons (Fsp3) is 0.333. The van der Waals surface area contributed by atoms with Crippen LogP contribution >= 0.6 is 11.3 Å². The van der Waals surface area contributed by atoms with Crippen molar-refractivity contribution in [1.29, 1.82) is 0 Å². The smallest absolute Gasteiger partial charge is 0.414 e. The second kappa shape index (κ2) is 6.85. The first-order valence-corrected chi connectivity index (χ1v) is 9.82. The Morgan fingerprint density at radius 1 is 1.26 bits per heavy atom. The minimum atomic E-state index is -0.330. The predicted molar refractivity (Wildman–Crippen MR) is 108 cm³/mol. The van der Waals surface area contributed by atoms with Gasteiger partial charge in [-0.05, 0) is 29.2 Å². The number of anilines is 1. The van der Waals surface area contributed by atoms with Crippen LogP contribution in [0, 0.1) is 0 Å². The molecule has 1 aliphatic rings. The van der Waals surface area contributed by atoms with Crippen molar-refractivity contribution in [2.45, 2.75) is 32.3 Å². The van der Waals surface area contributed by atoms with E-state index in [1.165, 1.54) is 5.56 Å². The number of carbonyl (C=O) groups is 1. The van der Waals surface area contributed by atoms with Gasteiger partial charge in [-0.15, -0.1) is 11.3 Å². The van der Waals surface area contributed by atoms with Crippen LogP contribution in [0.2, 0.25) is 0 Å². The number of benzene rings is 1. The third-order valence-corrected chi connectivity index (χ3v) is 5.60. The number of cyclic esters (lactones) is 1. The first kappa shape index (κ1) is 17.8. The molecule has 1 aliphatic heterocycles. The van der Waals surface area contributed by atoms with Crippen molar-refractivity contribution in [3.05, 3.63) is 53.7 Å². The summed E-state index contributed by atoms with van der Waals surface area (Å²) in [4.78, 5) is 18.1. The Balaban J connectivity index is 1.41. The van der Waals surface area contributed by atoms with E-state index < -0.39 is 0 Å². The Kier molecular flexibility index (Phi) is 4.52. The van der Waals surface area contributed by atoms with Crippen LogP contribution in [0.4, 0.5) is 10.5 Å². The van der Waals surface area contributed by atoms with Crippen molar-refractivity contribution in [1.82, 2.24) is 4.98 Å². The Morgan fingerprint density at radius 3 is 2.78 bits per heavy atom. The normalized spacial score (nSPS) is 17.4. The van der Waals surface area contributed by atoms with Gasteiger partial charge in [0, 0.05) is 23.2 Å². The van der Waals surface area contributed by atoms with Crippen LogP contribution in [0.5, 0.6) is 5.75 Å².